The Labute approximate surface area is 132 Å². The first-order chi connectivity index (χ1) is 10.2. The van der Waals surface area contributed by atoms with Crippen LogP contribution in [0.3, 0.4) is 0 Å². The molecule has 4 nitrogen and oxygen atoms in total. The van der Waals surface area contributed by atoms with Crippen LogP contribution in [0.4, 0.5) is 0 Å². The first-order valence-corrected chi connectivity index (χ1v) is 7.00. The highest BCUT2D eigenvalue weighted by Crippen LogP contribution is 2.30. The van der Waals surface area contributed by atoms with Gasteiger partial charge in [-0.25, -0.2) is 0 Å². The highest BCUT2D eigenvalue weighted by Gasteiger charge is 2.06. The molecule has 0 saturated carbocycles. The molecule has 108 valence electrons. The third-order valence-electron chi connectivity index (χ3n) is 2.92. The van der Waals surface area contributed by atoms with Crippen LogP contribution in [0, 0.1) is 11.3 Å². The molecule has 21 heavy (non-hydrogen) atoms. The van der Waals surface area contributed by atoms with Crippen LogP contribution in [0.25, 0.3) is 0 Å². The van der Waals surface area contributed by atoms with Gasteiger partial charge in [0.15, 0.2) is 0 Å². The monoisotopic (exact) mass is 347 g/mol. The molecule has 0 saturated heterocycles. The average Bonchev–Trinajstić information content (AvgIpc) is 2.53. The molecule has 0 aromatic heterocycles. The largest absolute Gasteiger partial charge is 0.497 e. The summed E-state index contributed by atoms with van der Waals surface area (Å²) in [7, 11) is 3.16. The van der Waals surface area contributed by atoms with Crippen molar-refractivity contribution in [3.05, 3.63) is 52.0 Å². The molecule has 5 heteroatoms. The maximum absolute atomic E-state index is 9.07. The molecule has 0 aliphatic rings. The second-order valence-electron chi connectivity index (χ2n) is 4.23. The molecule has 2 aromatic rings. The van der Waals surface area contributed by atoms with Crippen molar-refractivity contribution >= 4 is 15.9 Å². The van der Waals surface area contributed by atoms with E-state index in [4.69, 9.17) is 19.5 Å². The predicted octanol–water partition coefficient (Wildman–Crippen LogP) is 3.92. The van der Waals surface area contributed by atoms with Gasteiger partial charge in [0.2, 0.25) is 0 Å². The first kappa shape index (κ1) is 15.2. The lowest BCUT2D eigenvalue weighted by molar-refractivity contribution is 0.303. The van der Waals surface area contributed by atoms with Gasteiger partial charge in [-0.2, -0.15) is 5.26 Å². The number of hydrogen-bond acceptors (Lipinski definition) is 4. The fourth-order valence-corrected chi connectivity index (χ4v) is 2.29. The van der Waals surface area contributed by atoms with Gasteiger partial charge in [0.1, 0.15) is 29.9 Å². The summed E-state index contributed by atoms with van der Waals surface area (Å²) in [5.74, 6) is 2.03. The van der Waals surface area contributed by atoms with Crippen molar-refractivity contribution in [2.45, 2.75) is 6.61 Å². The molecule has 0 unspecified atom stereocenters. The summed E-state index contributed by atoms with van der Waals surface area (Å²) in [6.45, 7) is 0.365. The van der Waals surface area contributed by atoms with Gasteiger partial charge in [-0.15, -0.1) is 0 Å². The fourth-order valence-electron chi connectivity index (χ4n) is 1.82. The molecule has 0 heterocycles. The van der Waals surface area contributed by atoms with Crippen molar-refractivity contribution in [3.8, 4) is 23.3 Å². The third kappa shape index (κ3) is 3.67. The third-order valence-corrected chi connectivity index (χ3v) is 3.54. The van der Waals surface area contributed by atoms with Crippen molar-refractivity contribution in [3.63, 3.8) is 0 Å². The van der Waals surface area contributed by atoms with E-state index in [1.165, 1.54) is 0 Å². The summed E-state index contributed by atoms with van der Waals surface area (Å²) in [4.78, 5) is 0. The zero-order valence-electron chi connectivity index (χ0n) is 11.7. The smallest absolute Gasteiger partial charge is 0.136 e. The second kappa shape index (κ2) is 7.00. The maximum atomic E-state index is 9.07. The van der Waals surface area contributed by atoms with Crippen LogP contribution in [0.15, 0.2) is 40.9 Å². The molecule has 2 rings (SSSR count). The van der Waals surface area contributed by atoms with Gasteiger partial charge in [-0.05, 0) is 51.8 Å². The lowest BCUT2D eigenvalue weighted by atomic mass is 10.1. The van der Waals surface area contributed by atoms with E-state index in [2.05, 4.69) is 22.0 Å². The van der Waals surface area contributed by atoms with Crippen molar-refractivity contribution in [1.82, 2.24) is 0 Å². The number of nitriles is 1. The predicted molar refractivity (Wildman–Crippen MR) is 82.7 cm³/mol. The van der Waals surface area contributed by atoms with E-state index in [0.29, 0.717) is 23.7 Å². The van der Waals surface area contributed by atoms with E-state index in [9.17, 15) is 0 Å². The van der Waals surface area contributed by atoms with Crippen molar-refractivity contribution in [2.24, 2.45) is 0 Å². The van der Waals surface area contributed by atoms with E-state index < -0.39 is 0 Å². The number of benzene rings is 2. The van der Waals surface area contributed by atoms with Crippen LogP contribution in [-0.4, -0.2) is 14.2 Å². The van der Waals surface area contributed by atoms with Gasteiger partial charge >= 0.3 is 0 Å². The average molecular weight is 348 g/mol. The molecule has 0 radical (unpaired) electrons. The SMILES string of the molecule is COc1ccc(OCc2ccc(OC)c(C#N)c2)c(Br)c1. The number of methoxy groups -OCH3 is 2. The summed E-state index contributed by atoms with van der Waals surface area (Å²) in [5.41, 5.74) is 1.39. The lowest BCUT2D eigenvalue weighted by Gasteiger charge is -2.10. The molecular weight excluding hydrogens is 334 g/mol. The van der Waals surface area contributed by atoms with E-state index in [1.54, 1.807) is 26.4 Å². The lowest BCUT2D eigenvalue weighted by Crippen LogP contribution is -1.98. The van der Waals surface area contributed by atoms with Gasteiger partial charge in [0.05, 0.1) is 24.3 Å². The Morgan fingerprint density at radius 1 is 1.05 bits per heavy atom. The molecule has 0 bridgehead atoms. The highest BCUT2D eigenvalue weighted by atomic mass is 79.9. The number of hydrogen-bond donors (Lipinski definition) is 0. The molecular formula is C16H14BrNO3. The van der Waals surface area contributed by atoms with Crippen LogP contribution in [-0.2, 0) is 6.61 Å². The van der Waals surface area contributed by atoms with Crippen LogP contribution in [0.5, 0.6) is 17.2 Å². The normalized spacial score (nSPS) is 9.81. The standard InChI is InChI=1S/C16H14BrNO3/c1-19-13-4-6-16(14(17)8-13)21-10-11-3-5-15(20-2)12(7-11)9-18/h3-8H,10H2,1-2H3. The zero-order valence-corrected chi connectivity index (χ0v) is 13.3. The summed E-state index contributed by atoms with van der Waals surface area (Å²) in [5, 5.41) is 9.07. The molecule has 0 aliphatic heterocycles. The van der Waals surface area contributed by atoms with Gasteiger partial charge in [-0.1, -0.05) is 6.07 Å². The molecule has 0 aliphatic carbocycles. The number of halogens is 1. The van der Waals surface area contributed by atoms with Crippen LogP contribution in [0.2, 0.25) is 0 Å². The number of rotatable bonds is 5. The van der Waals surface area contributed by atoms with Crippen LogP contribution in [0.1, 0.15) is 11.1 Å². The minimum absolute atomic E-state index is 0.365. The van der Waals surface area contributed by atoms with Gasteiger partial charge in [0.25, 0.3) is 0 Å². The van der Waals surface area contributed by atoms with E-state index in [-0.39, 0.29) is 0 Å². The molecule has 0 amide bonds. The Balaban J connectivity index is 2.11. The van der Waals surface area contributed by atoms with Crippen molar-refractivity contribution < 1.29 is 14.2 Å². The molecule has 0 spiro atoms. The van der Waals surface area contributed by atoms with E-state index in [1.807, 2.05) is 24.3 Å². The minimum atomic E-state index is 0.365. The topological polar surface area (TPSA) is 51.5 Å². The summed E-state index contributed by atoms with van der Waals surface area (Å²) in [6, 6.07) is 13.0. The Morgan fingerprint density at radius 3 is 2.43 bits per heavy atom. The van der Waals surface area contributed by atoms with Crippen LogP contribution < -0.4 is 14.2 Å². The van der Waals surface area contributed by atoms with Crippen molar-refractivity contribution in [1.29, 1.82) is 5.26 Å². The van der Waals surface area contributed by atoms with Crippen molar-refractivity contribution in [2.75, 3.05) is 14.2 Å². The molecule has 0 fully saturated rings. The van der Waals surface area contributed by atoms with Crippen LogP contribution >= 0.6 is 15.9 Å². The summed E-state index contributed by atoms with van der Waals surface area (Å²) >= 11 is 3.44. The Morgan fingerprint density at radius 2 is 1.81 bits per heavy atom. The zero-order chi connectivity index (χ0) is 15.2. The van der Waals surface area contributed by atoms with Gasteiger partial charge < -0.3 is 14.2 Å². The molecule has 0 atom stereocenters. The quantitative estimate of drug-likeness (QED) is 0.822. The maximum Gasteiger partial charge on any atom is 0.136 e. The fraction of sp³-hybridized carbons (Fsp3) is 0.188. The highest BCUT2D eigenvalue weighted by molar-refractivity contribution is 9.10. The summed E-state index contributed by atoms with van der Waals surface area (Å²) in [6.07, 6.45) is 0. The Hall–Kier alpha value is -2.19. The molecule has 2 aromatic carbocycles. The Kier molecular flexibility index (Phi) is 5.07. The minimum Gasteiger partial charge on any atom is -0.497 e. The van der Waals surface area contributed by atoms with E-state index in [0.717, 1.165) is 15.8 Å². The van der Waals surface area contributed by atoms with Gasteiger partial charge in [0, 0.05) is 0 Å². The molecule has 0 N–H and O–H groups in total. The summed E-state index contributed by atoms with van der Waals surface area (Å²) < 4.78 is 16.8. The van der Waals surface area contributed by atoms with E-state index >= 15 is 0 Å². The number of ether oxygens (including phenoxy) is 3. The number of nitrogens with zero attached hydrogens (tertiary/aromatic N) is 1. The van der Waals surface area contributed by atoms with Gasteiger partial charge in [-0.3, -0.25) is 0 Å². The Bertz CT molecular complexity index is 680. The first-order valence-electron chi connectivity index (χ1n) is 6.21. The second-order valence-corrected chi connectivity index (χ2v) is 5.09.